The van der Waals surface area contributed by atoms with Gasteiger partial charge in [-0.25, -0.2) is 13.2 Å². The Morgan fingerprint density at radius 1 is 1.10 bits per heavy atom. The summed E-state index contributed by atoms with van der Waals surface area (Å²) in [5, 5.41) is 2.68. The van der Waals surface area contributed by atoms with Crippen LogP contribution in [0.1, 0.15) is 41.3 Å². The Kier molecular flexibility index (Phi) is 7.02. The molecule has 0 heterocycles. The Bertz CT molecular complexity index is 998. The van der Waals surface area contributed by atoms with Gasteiger partial charge in [-0.05, 0) is 48.2 Å². The van der Waals surface area contributed by atoms with E-state index in [0.717, 1.165) is 16.1 Å². The van der Waals surface area contributed by atoms with Crippen molar-refractivity contribution in [3.05, 3.63) is 59.2 Å². The molecule has 1 N–H and O–H groups in total. The molecule has 156 valence electrons. The summed E-state index contributed by atoms with van der Waals surface area (Å²) in [5.74, 6) is -0.723. The third-order valence-electron chi connectivity index (χ3n) is 4.55. The van der Waals surface area contributed by atoms with Crippen molar-refractivity contribution in [1.29, 1.82) is 0 Å². The van der Waals surface area contributed by atoms with E-state index in [1.807, 2.05) is 26.0 Å². The minimum atomic E-state index is -3.68. The second-order valence-electron chi connectivity index (χ2n) is 7.03. The lowest BCUT2D eigenvalue weighted by molar-refractivity contribution is -0.114. The predicted molar refractivity (Wildman–Crippen MR) is 114 cm³/mol. The summed E-state index contributed by atoms with van der Waals surface area (Å²) in [4.78, 5) is 24.4. The van der Waals surface area contributed by atoms with Gasteiger partial charge in [0.25, 0.3) is 0 Å². The summed E-state index contributed by atoms with van der Waals surface area (Å²) in [6, 6.07) is 11.9. The van der Waals surface area contributed by atoms with E-state index in [1.54, 1.807) is 37.3 Å². The zero-order chi connectivity index (χ0) is 21.8. The summed E-state index contributed by atoms with van der Waals surface area (Å²) >= 11 is 0. The molecule has 0 saturated heterocycles. The van der Waals surface area contributed by atoms with Gasteiger partial charge in [-0.1, -0.05) is 32.0 Å². The van der Waals surface area contributed by atoms with Gasteiger partial charge in [-0.3, -0.25) is 9.10 Å². The van der Waals surface area contributed by atoms with E-state index in [2.05, 4.69) is 5.32 Å². The van der Waals surface area contributed by atoms with Crippen molar-refractivity contribution in [1.82, 2.24) is 0 Å². The first kappa shape index (κ1) is 22.4. The number of methoxy groups -OCH3 is 1. The molecule has 29 heavy (non-hydrogen) atoms. The maximum absolute atomic E-state index is 12.6. The molecule has 2 rings (SSSR count). The van der Waals surface area contributed by atoms with Gasteiger partial charge in [0.1, 0.15) is 6.54 Å². The van der Waals surface area contributed by atoms with Gasteiger partial charge in [0, 0.05) is 5.69 Å². The topological polar surface area (TPSA) is 92.8 Å². The Labute approximate surface area is 171 Å². The third kappa shape index (κ3) is 5.57. The SMILES string of the molecule is COC(=O)c1cccc(NC(=O)CN(c2ccc(C(C)C)cc2)S(C)(=O)=O)c1C. The van der Waals surface area contributed by atoms with Gasteiger partial charge in [0.15, 0.2) is 0 Å². The monoisotopic (exact) mass is 418 g/mol. The number of hydrogen-bond donors (Lipinski definition) is 1. The quantitative estimate of drug-likeness (QED) is 0.697. The van der Waals surface area contributed by atoms with E-state index in [9.17, 15) is 18.0 Å². The molecule has 7 nitrogen and oxygen atoms in total. The van der Waals surface area contributed by atoms with E-state index in [0.29, 0.717) is 28.4 Å². The fourth-order valence-electron chi connectivity index (χ4n) is 2.85. The third-order valence-corrected chi connectivity index (χ3v) is 5.69. The molecule has 8 heteroatoms. The first-order valence-corrected chi connectivity index (χ1v) is 10.9. The molecule has 0 aromatic heterocycles. The van der Waals surface area contributed by atoms with Gasteiger partial charge < -0.3 is 10.1 Å². The van der Waals surface area contributed by atoms with Crippen LogP contribution in [-0.4, -0.2) is 40.2 Å². The number of carbonyl (C=O) groups is 2. The molecular formula is C21H26N2O5S. The molecule has 0 unspecified atom stereocenters. The number of amides is 1. The van der Waals surface area contributed by atoms with Crippen LogP contribution in [0.2, 0.25) is 0 Å². The molecule has 0 radical (unpaired) electrons. The number of esters is 1. The van der Waals surface area contributed by atoms with Crippen LogP contribution in [0.5, 0.6) is 0 Å². The van der Waals surface area contributed by atoms with Crippen molar-refractivity contribution in [2.45, 2.75) is 26.7 Å². The van der Waals surface area contributed by atoms with Crippen LogP contribution in [0.3, 0.4) is 0 Å². The first-order chi connectivity index (χ1) is 13.5. The van der Waals surface area contributed by atoms with Gasteiger partial charge in [0.2, 0.25) is 15.9 Å². The zero-order valence-corrected chi connectivity index (χ0v) is 18.0. The molecule has 0 aliphatic heterocycles. The van der Waals surface area contributed by atoms with Crippen LogP contribution in [-0.2, 0) is 19.6 Å². The molecular weight excluding hydrogens is 392 g/mol. The predicted octanol–water partition coefficient (Wildman–Crippen LogP) is 3.31. The highest BCUT2D eigenvalue weighted by Gasteiger charge is 2.22. The highest BCUT2D eigenvalue weighted by atomic mass is 32.2. The molecule has 0 spiro atoms. The molecule has 0 aliphatic carbocycles. The van der Waals surface area contributed by atoms with E-state index in [1.165, 1.54) is 7.11 Å². The number of anilines is 2. The highest BCUT2D eigenvalue weighted by molar-refractivity contribution is 7.92. The van der Waals surface area contributed by atoms with E-state index >= 15 is 0 Å². The van der Waals surface area contributed by atoms with Crippen molar-refractivity contribution in [2.24, 2.45) is 0 Å². The molecule has 2 aromatic rings. The Morgan fingerprint density at radius 2 is 1.72 bits per heavy atom. The largest absolute Gasteiger partial charge is 0.465 e. The number of nitrogens with zero attached hydrogens (tertiary/aromatic N) is 1. The van der Waals surface area contributed by atoms with Crippen LogP contribution in [0.25, 0.3) is 0 Å². The molecule has 1 amide bonds. The second kappa shape index (κ2) is 9.09. The first-order valence-electron chi connectivity index (χ1n) is 9.10. The molecule has 0 atom stereocenters. The van der Waals surface area contributed by atoms with Crippen LogP contribution in [0, 0.1) is 6.92 Å². The number of ether oxygens (including phenoxy) is 1. The summed E-state index contributed by atoms with van der Waals surface area (Å²) in [5.41, 5.74) is 2.77. The van der Waals surface area contributed by atoms with E-state index in [4.69, 9.17) is 4.74 Å². The lowest BCUT2D eigenvalue weighted by Gasteiger charge is -2.23. The van der Waals surface area contributed by atoms with Crippen LogP contribution in [0.15, 0.2) is 42.5 Å². The number of hydrogen-bond acceptors (Lipinski definition) is 5. The van der Waals surface area contributed by atoms with Crippen LogP contribution in [0.4, 0.5) is 11.4 Å². The zero-order valence-electron chi connectivity index (χ0n) is 17.2. The highest BCUT2D eigenvalue weighted by Crippen LogP contribution is 2.23. The maximum atomic E-state index is 12.6. The van der Waals surface area contributed by atoms with Crippen molar-refractivity contribution in [3.63, 3.8) is 0 Å². The number of sulfonamides is 1. The summed E-state index contributed by atoms with van der Waals surface area (Å²) in [6.07, 6.45) is 1.06. The average molecular weight is 419 g/mol. The minimum absolute atomic E-state index is 0.309. The molecule has 0 bridgehead atoms. The van der Waals surface area contributed by atoms with E-state index < -0.39 is 21.9 Å². The fourth-order valence-corrected chi connectivity index (χ4v) is 3.70. The lowest BCUT2D eigenvalue weighted by Crippen LogP contribution is -2.37. The summed E-state index contributed by atoms with van der Waals surface area (Å²) < 4.78 is 30.3. The lowest BCUT2D eigenvalue weighted by atomic mass is 10.0. The minimum Gasteiger partial charge on any atom is -0.465 e. The Hall–Kier alpha value is -2.87. The molecule has 0 saturated carbocycles. The number of nitrogens with one attached hydrogen (secondary N) is 1. The second-order valence-corrected chi connectivity index (χ2v) is 8.94. The van der Waals surface area contributed by atoms with Gasteiger partial charge in [0.05, 0.1) is 24.6 Å². The molecule has 0 aliphatic rings. The van der Waals surface area contributed by atoms with Gasteiger partial charge in [-0.2, -0.15) is 0 Å². The normalized spacial score (nSPS) is 11.2. The maximum Gasteiger partial charge on any atom is 0.338 e. The standard InChI is InChI=1S/C21H26N2O5S/c1-14(2)16-9-11-17(12-10-16)23(29(5,26)27)13-20(24)22-19-8-6-7-18(15(19)3)21(25)28-4/h6-12,14H,13H2,1-5H3,(H,22,24). The summed E-state index contributed by atoms with van der Waals surface area (Å²) in [7, 11) is -2.40. The number of carbonyl (C=O) groups excluding carboxylic acids is 2. The smallest absolute Gasteiger partial charge is 0.338 e. The number of benzene rings is 2. The summed E-state index contributed by atoms with van der Waals surface area (Å²) in [6.45, 7) is 5.38. The fraction of sp³-hybridized carbons (Fsp3) is 0.333. The molecule has 0 fully saturated rings. The Balaban J connectivity index is 2.25. The van der Waals surface area contributed by atoms with Crippen LogP contribution >= 0.6 is 0 Å². The average Bonchev–Trinajstić information content (AvgIpc) is 2.66. The molecule has 2 aromatic carbocycles. The van der Waals surface area contributed by atoms with E-state index in [-0.39, 0.29) is 6.54 Å². The van der Waals surface area contributed by atoms with Crippen molar-refractivity contribution < 1.29 is 22.7 Å². The Morgan fingerprint density at radius 3 is 2.24 bits per heavy atom. The van der Waals surface area contributed by atoms with Crippen LogP contribution < -0.4 is 9.62 Å². The van der Waals surface area contributed by atoms with Gasteiger partial charge in [-0.15, -0.1) is 0 Å². The van der Waals surface area contributed by atoms with Crippen molar-refractivity contribution in [2.75, 3.05) is 29.5 Å². The van der Waals surface area contributed by atoms with Crippen molar-refractivity contribution in [3.8, 4) is 0 Å². The van der Waals surface area contributed by atoms with Gasteiger partial charge >= 0.3 is 5.97 Å². The van der Waals surface area contributed by atoms with Crippen molar-refractivity contribution >= 4 is 33.3 Å². The number of rotatable bonds is 7.